The molecule has 6 heavy (non-hydrogen) atoms. The third-order valence-electron chi connectivity index (χ3n) is 0. The summed E-state index contributed by atoms with van der Waals surface area (Å²) < 4.78 is 0. The molecule has 0 aliphatic heterocycles. The quantitative estimate of drug-likeness (QED) is 0.151. The van der Waals surface area contributed by atoms with E-state index in [2.05, 4.69) is 0 Å². The summed E-state index contributed by atoms with van der Waals surface area (Å²) in [6.07, 6.45) is 0. The summed E-state index contributed by atoms with van der Waals surface area (Å²) in [4.78, 5) is 8.00. The molecule has 0 unspecified atom stereocenters. The minimum Gasteiger partial charge on any atom is -0.444 e. The molecule has 0 heterocycles. The molecule has 0 aromatic rings. The van der Waals surface area contributed by atoms with Crippen LogP contribution >= 0.6 is 0 Å². The van der Waals surface area contributed by atoms with Gasteiger partial charge in [-0.05, 0) is 0 Å². The Labute approximate surface area is 55.8 Å². The Morgan fingerprint density at radius 3 is 1.50 bits per heavy atom. The average molecular weight is 103 g/mol. The zero-order valence-electron chi connectivity index (χ0n) is 3.16. The molecule has 0 fully saturated rings. The van der Waals surface area contributed by atoms with Gasteiger partial charge in [0.2, 0.25) is 0 Å². The van der Waals surface area contributed by atoms with Crippen LogP contribution in [0.2, 0.25) is 0 Å². The van der Waals surface area contributed by atoms with Crippen LogP contribution in [0, 0.1) is 10.1 Å². The first kappa shape index (κ1) is 16.2. The van der Waals surface area contributed by atoms with Gasteiger partial charge in [-0.1, -0.05) is 0 Å². The molecule has 2 N–H and O–H groups in total. The van der Waals surface area contributed by atoms with Crippen LogP contribution in [0.1, 0.15) is 0 Å². The normalized spacial score (nSPS) is 3.00. The van der Waals surface area contributed by atoms with E-state index in [-0.39, 0.29) is 29.6 Å². The van der Waals surface area contributed by atoms with E-state index in [9.17, 15) is 0 Å². The maximum Gasteiger partial charge on any atom is 1.00 e. The molecule has 0 atom stereocenters. The molecule has 0 amide bonds. The van der Waals surface area contributed by atoms with Crippen molar-refractivity contribution in [2.45, 2.75) is 0 Å². The van der Waals surface area contributed by atoms with Gasteiger partial charge in [-0.2, -0.15) is 0 Å². The molecule has 6 heteroatoms. The van der Waals surface area contributed by atoms with Gasteiger partial charge in [0.25, 0.3) is 0 Å². The summed E-state index contributed by atoms with van der Waals surface area (Å²) in [6.45, 7) is 0. The van der Waals surface area contributed by atoms with Crippen molar-refractivity contribution in [2.24, 2.45) is 5.34 Å². The first-order chi connectivity index (χ1) is 2.41. The van der Waals surface area contributed by atoms with Crippen molar-refractivity contribution in [3.8, 4) is 0 Å². The molecule has 0 radical (unpaired) electrons. The Balaban J connectivity index is -0.0000000275. The maximum absolute atomic E-state index is 8.00. The predicted molar refractivity (Wildman–Crippen MR) is 14.4 cm³/mol. The summed E-state index contributed by atoms with van der Waals surface area (Å²) in [7, 11) is 0. The Morgan fingerprint density at radius 1 is 1.50 bits per heavy atom. The van der Waals surface area contributed by atoms with Crippen molar-refractivity contribution in [2.75, 3.05) is 0 Å². The van der Waals surface area contributed by atoms with Gasteiger partial charge < -0.3 is 10.1 Å². The van der Waals surface area contributed by atoms with Crippen LogP contribution in [-0.4, -0.2) is 10.5 Å². The summed E-state index contributed by atoms with van der Waals surface area (Å²) >= 11 is 0. The molecule has 0 spiro atoms. The minimum absolute atomic E-state index is 0. The van der Waals surface area contributed by atoms with E-state index in [0.717, 1.165) is 5.34 Å². The fourth-order valence-electron chi connectivity index (χ4n) is 0. The molecular formula is H2NNaO4. The molecule has 5 nitrogen and oxygen atoms in total. The second-order valence-corrected chi connectivity index (χ2v) is 0.0745. The maximum atomic E-state index is 8.00. The first-order valence-corrected chi connectivity index (χ1v) is 0.565. The van der Waals surface area contributed by atoms with E-state index in [1.54, 1.807) is 0 Å². The summed E-state index contributed by atoms with van der Waals surface area (Å²) in [5, 5.41) is 21.0. The van der Waals surface area contributed by atoms with Crippen LogP contribution in [0.15, 0.2) is 5.34 Å². The summed E-state index contributed by atoms with van der Waals surface area (Å²) in [5.74, 6) is 0. The van der Waals surface area contributed by atoms with E-state index in [1.807, 2.05) is 0 Å². The van der Waals surface area contributed by atoms with Gasteiger partial charge in [0, 0.05) is 0 Å². The Kier molecular flexibility index (Phi) is 154. The molecule has 0 saturated carbocycles. The van der Waals surface area contributed by atoms with Crippen molar-refractivity contribution in [1.29, 1.82) is 0 Å². The minimum atomic E-state index is 0. The standard InChI is InChI=1S/HNO2.Na.H2O2/c2-1-3;;1-2/h(H,2,3);;1-2H/q;+1;/p-1. The molecule has 0 bridgehead atoms. The smallest absolute Gasteiger partial charge is 0.444 e. The van der Waals surface area contributed by atoms with E-state index < -0.39 is 0 Å². The predicted octanol–water partition coefficient (Wildman–Crippen LogP) is -2.73. The fraction of sp³-hybridized carbons (Fsp3) is 0. The second kappa shape index (κ2) is 57.0. The second-order valence-electron chi connectivity index (χ2n) is 0.0745. The zero-order chi connectivity index (χ0) is 4.71. The molecule has 0 aromatic carbocycles. The largest absolute Gasteiger partial charge is 1.00 e. The Morgan fingerprint density at radius 2 is 1.50 bits per heavy atom. The van der Waals surface area contributed by atoms with Crippen LogP contribution in [0.5, 0.6) is 0 Å². The SMILES string of the molecule is O=N[O-].OO.[Na+]. The van der Waals surface area contributed by atoms with Crippen molar-refractivity contribution >= 4 is 0 Å². The van der Waals surface area contributed by atoms with E-state index in [1.165, 1.54) is 0 Å². The molecular weight excluding hydrogens is 101 g/mol. The van der Waals surface area contributed by atoms with E-state index in [4.69, 9.17) is 20.6 Å². The summed E-state index contributed by atoms with van der Waals surface area (Å²) in [5.41, 5.74) is 0. The summed E-state index contributed by atoms with van der Waals surface area (Å²) in [6, 6.07) is 0. The average Bonchev–Trinajstić information content (AvgIpc) is 1.46. The van der Waals surface area contributed by atoms with Gasteiger partial charge >= 0.3 is 29.6 Å². The number of hydrogen-bond acceptors (Lipinski definition) is 5. The van der Waals surface area contributed by atoms with Gasteiger partial charge in [-0.25, -0.2) is 0 Å². The first-order valence-electron chi connectivity index (χ1n) is 0.565. The Hall–Kier alpha value is 0.320. The molecule has 0 saturated heterocycles. The van der Waals surface area contributed by atoms with Gasteiger partial charge in [-0.3, -0.25) is 10.5 Å². The zero-order valence-corrected chi connectivity index (χ0v) is 5.16. The van der Waals surface area contributed by atoms with Crippen LogP contribution in [0.25, 0.3) is 0 Å². The van der Waals surface area contributed by atoms with Crippen LogP contribution in [0.3, 0.4) is 0 Å². The fourth-order valence-corrected chi connectivity index (χ4v) is 0. The molecule has 0 aliphatic carbocycles. The number of nitrogens with zero attached hydrogens (tertiary/aromatic N) is 1. The van der Waals surface area contributed by atoms with Gasteiger partial charge in [0.15, 0.2) is 0 Å². The molecule has 32 valence electrons. The van der Waals surface area contributed by atoms with Crippen molar-refractivity contribution in [3.63, 3.8) is 0 Å². The van der Waals surface area contributed by atoms with E-state index >= 15 is 0 Å². The van der Waals surface area contributed by atoms with Gasteiger partial charge in [0.05, 0.1) is 0 Å². The van der Waals surface area contributed by atoms with Crippen molar-refractivity contribution < 1.29 is 40.1 Å². The van der Waals surface area contributed by atoms with Crippen LogP contribution < -0.4 is 29.6 Å². The van der Waals surface area contributed by atoms with Crippen LogP contribution in [0.4, 0.5) is 0 Å². The van der Waals surface area contributed by atoms with Crippen molar-refractivity contribution in [3.05, 3.63) is 10.1 Å². The molecule has 0 aliphatic rings. The Bertz CT molecular complexity index is 15.0. The van der Waals surface area contributed by atoms with Gasteiger partial charge in [-0.15, -0.1) is 5.34 Å². The molecule has 0 aromatic heterocycles. The van der Waals surface area contributed by atoms with Crippen molar-refractivity contribution in [1.82, 2.24) is 0 Å². The topological polar surface area (TPSA) is 93.0 Å². The molecule has 0 rings (SSSR count). The number of hydrogen-bond donors (Lipinski definition) is 2. The van der Waals surface area contributed by atoms with Crippen LogP contribution in [-0.2, 0) is 0 Å². The monoisotopic (exact) mass is 103 g/mol. The third-order valence-corrected chi connectivity index (χ3v) is 0. The van der Waals surface area contributed by atoms with E-state index in [0.29, 0.717) is 0 Å². The van der Waals surface area contributed by atoms with Gasteiger partial charge in [0.1, 0.15) is 0 Å². The number of rotatable bonds is 0. The third kappa shape index (κ3) is 465.